The Morgan fingerprint density at radius 2 is 2.30 bits per heavy atom. The van der Waals surface area contributed by atoms with Crippen molar-refractivity contribution < 1.29 is 4.74 Å². The molecule has 0 aliphatic carbocycles. The van der Waals surface area contributed by atoms with Crippen LogP contribution in [-0.4, -0.2) is 28.8 Å². The fourth-order valence-corrected chi connectivity index (χ4v) is 3.56. The van der Waals surface area contributed by atoms with Gasteiger partial charge in [0.25, 0.3) is 0 Å². The highest BCUT2D eigenvalue weighted by molar-refractivity contribution is 7.05. The third-order valence-corrected chi connectivity index (χ3v) is 4.71. The summed E-state index contributed by atoms with van der Waals surface area (Å²) >= 11 is 1.57. The topological polar surface area (TPSA) is 47.0 Å². The Morgan fingerprint density at radius 3 is 3.00 bits per heavy atom. The fourth-order valence-electron chi connectivity index (χ4n) is 2.76. The Bertz CT molecular complexity index is 377. The molecular weight excluding hydrogens is 270 g/mol. The van der Waals surface area contributed by atoms with Crippen LogP contribution in [0.3, 0.4) is 0 Å². The summed E-state index contributed by atoms with van der Waals surface area (Å²) in [6.45, 7) is 6.41. The number of aryl methyl sites for hydroxylation is 1. The first-order chi connectivity index (χ1) is 9.85. The summed E-state index contributed by atoms with van der Waals surface area (Å²) < 4.78 is 9.92. The van der Waals surface area contributed by atoms with Crippen LogP contribution in [0.5, 0.6) is 0 Å². The molecule has 1 aliphatic heterocycles. The molecule has 0 spiro atoms. The zero-order chi connectivity index (χ0) is 14.2. The molecule has 0 bridgehead atoms. The molecule has 0 aromatic carbocycles. The van der Waals surface area contributed by atoms with E-state index in [1.54, 1.807) is 11.5 Å². The zero-order valence-corrected chi connectivity index (χ0v) is 13.5. The minimum Gasteiger partial charge on any atom is -0.378 e. The summed E-state index contributed by atoms with van der Waals surface area (Å²) in [4.78, 5) is 1.35. The summed E-state index contributed by atoms with van der Waals surface area (Å²) in [6, 6.07) is 0.403. The van der Waals surface area contributed by atoms with Gasteiger partial charge < -0.3 is 10.1 Å². The van der Waals surface area contributed by atoms with E-state index >= 15 is 0 Å². The van der Waals surface area contributed by atoms with Crippen molar-refractivity contribution in [1.82, 2.24) is 14.9 Å². The van der Waals surface area contributed by atoms with E-state index in [2.05, 4.69) is 28.8 Å². The van der Waals surface area contributed by atoms with Gasteiger partial charge in [-0.1, -0.05) is 24.8 Å². The first kappa shape index (κ1) is 15.9. The average molecular weight is 297 g/mol. The van der Waals surface area contributed by atoms with Crippen LogP contribution in [0.2, 0.25) is 0 Å². The van der Waals surface area contributed by atoms with Gasteiger partial charge in [-0.05, 0) is 56.6 Å². The van der Waals surface area contributed by atoms with E-state index in [9.17, 15) is 0 Å². The molecule has 4 nitrogen and oxygen atoms in total. The molecule has 1 aromatic heterocycles. The number of nitrogens with one attached hydrogen (secondary N) is 1. The van der Waals surface area contributed by atoms with E-state index < -0.39 is 0 Å². The van der Waals surface area contributed by atoms with Crippen molar-refractivity contribution >= 4 is 11.5 Å². The lowest BCUT2D eigenvalue weighted by atomic mass is 10.0. The highest BCUT2D eigenvalue weighted by Crippen LogP contribution is 2.28. The Hall–Kier alpha value is -0.520. The van der Waals surface area contributed by atoms with Crippen LogP contribution in [-0.2, 0) is 11.2 Å². The Kier molecular flexibility index (Phi) is 6.90. The number of aromatic nitrogens is 2. The number of hydrogen-bond acceptors (Lipinski definition) is 5. The summed E-state index contributed by atoms with van der Waals surface area (Å²) in [5.41, 5.74) is 1.19. The van der Waals surface area contributed by atoms with Gasteiger partial charge in [-0.15, -0.1) is 5.10 Å². The van der Waals surface area contributed by atoms with Crippen molar-refractivity contribution in [2.75, 3.05) is 13.2 Å². The molecule has 2 rings (SSSR count). The van der Waals surface area contributed by atoms with Gasteiger partial charge in [0.1, 0.15) is 0 Å². The molecule has 0 amide bonds. The summed E-state index contributed by atoms with van der Waals surface area (Å²) in [6.07, 6.45) is 8.52. The summed E-state index contributed by atoms with van der Waals surface area (Å²) in [5.74, 6) is 0. The summed E-state index contributed by atoms with van der Waals surface area (Å²) in [7, 11) is 0. The lowest BCUT2D eigenvalue weighted by Crippen LogP contribution is -2.23. The number of ether oxygens (including phenoxy) is 1. The second-order valence-corrected chi connectivity index (χ2v) is 6.34. The van der Waals surface area contributed by atoms with Crippen LogP contribution in [0.4, 0.5) is 0 Å². The molecule has 0 radical (unpaired) electrons. The van der Waals surface area contributed by atoms with Crippen LogP contribution < -0.4 is 5.32 Å². The Balaban J connectivity index is 1.95. The maximum atomic E-state index is 5.75. The molecule has 2 heterocycles. The second kappa shape index (κ2) is 8.70. The van der Waals surface area contributed by atoms with Crippen LogP contribution in [0.15, 0.2) is 0 Å². The van der Waals surface area contributed by atoms with Crippen molar-refractivity contribution in [3.05, 3.63) is 10.6 Å². The highest BCUT2D eigenvalue weighted by Gasteiger charge is 2.22. The van der Waals surface area contributed by atoms with Gasteiger partial charge in [0.05, 0.1) is 16.7 Å². The molecule has 1 fully saturated rings. The average Bonchev–Trinajstić information content (AvgIpc) is 3.11. The number of hydrogen-bond donors (Lipinski definition) is 1. The second-order valence-electron chi connectivity index (χ2n) is 5.55. The minimum atomic E-state index is 0.403. The van der Waals surface area contributed by atoms with Crippen molar-refractivity contribution in [2.24, 2.45) is 0 Å². The first-order valence-electron chi connectivity index (χ1n) is 8.01. The SMILES string of the molecule is CCCNC(CCC1CCCO1)c1snnc1CCC. The Labute approximate surface area is 126 Å². The van der Waals surface area contributed by atoms with Crippen molar-refractivity contribution in [1.29, 1.82) is 0 Å². The van der Waals surface area contributed by atoms with Gasteiger partial charge in [0.2, 0.25) is 0 Å². The van der Waals surface area contributed by atoms with Crippen molar-refractivity contribution in [2.45, 2.75) is 70.9 Å². The largest absolute Gasteiger partial charge is 0.378 e. The van der Waals surface area contributed by atoms with Crippen LogP contribution >= 0.6 is 11.5 Å². The van der Waals surface area contributed by atoms with Gasteiger partial charge in [0, 0.05) is 12.6 Å². The smallest absolute Gasteiger partial charge is 0.0803 e. The molecule has 1 aliphatic rings. The van der Waals surface area contributed by atoms with Gasteiger partial charge in [-0.2, -0.15) is 0 Å². The predicted molar refractivity (Wildman–Crippen MR) is 83.1 cm³/mol. The highest BCUT2D eigenvalue weighted by atomic mass is 32.1. The third kappa shape index (κ3) is 4.50. The molecule has 1 N–H and O–H groups in total. The van der Waals surface area contributed by atoms with Crippen LogP contribution in [0.25, 0.3) is 0 Å². The molecule has 20 heavy (non-hydrogen) atoms. The molecule has 1 saturated heterocycles. The first-order valence-corrected chi connectivity index (χ1v) is 8.78. The molecule has 2 unspecified atom stereocenters. The standard InChI is InChI=1S/C15H27N3OS/c1-3-6-14-15(20-18-17-14)13(16-10-4-2)9-8-12-7-5-11-19-12/h12-13,16H,3-11H2,1-2H3. The fraction of sp³-hybridized carbons (Fsp3) is 0.867. The van der Waals surface area contributed by atoms with Crippen molar-refractivity contribution in [3.63, 3.8) is 0 Å². The monoisotopic (exact) mass is 297 g/mol. The molecular formula is C15H27N3OS. The predicted octanol–water partition coefficient (Wildman–Crippen LogP) is 3.49. The van der Waals surface area contributed by atoms with Gasteiger partial charge in [-0.3, -0.25) is 0 Å². The molecule has 0 saturated carbocycles. The maximum absolute atomic E-state index is 5.75. The lowest BCUT2D eigenvalue weighted by molar-refractivity contribution is 0.0996. The van der Waals surface area contributed by atoms with Gasteiger partial charge in [-0.25, -0.2) is 0 Å². The van der Waals surface area contributed by atoms with E-state index in [1.807, 2.05) is 0 Å². The van der Waals surface area contributed by atoms with E-state index in [0.29, 0.717) is 12.1 Å². The normalized spacial score (nSPS) is 20.4. The van der Waals surface area contributed by atoms with Crippen LogP contribution in [0.1, 0.15) is 69.0 Å². The Morgan fingerprint density at radius 1 is 1.40 bits per heavy atom. The van der Waals surface area contributed by atoms with Gasteiger partial charge >= 0.3 is 0 Å². The zero-order valence-electron chi connectivity index (χ0n) is 12.7. The van der Waals surface area contributed by atoms with E-state index in [-0.39, 0.29) is 0 Å². The van der Waals surface area contributed by atoms with E-state index in [4.69, 9.17) is 4.74 Å². The van der Waals surface area contributed by atoms with Crippen LogP contribution in [0, 0.1) is 0 Å². The molecule has 1 aromatic rings. The number of nitrogens with zero attached hydrogens (tertiary/aromatic N) is 2. The van der Waals surface area contributed by atoms with E-state index in [1.165, 1.54) is 23.4 Å². The third-order valence-electron chi connectivity index (χ3n) is 3.83. The lowest BCUT2D eigenvalue weighted by Gasteiger charge is -2.19. The van der Waals surface area contributed by atoms with Crippen molar-refractivity contribution in [3.8, 4) is 0 Å². The quantitative estimate of drug-likeness (QED) is 0.758. The molecule has 5 heteroatoms. The van der Waals surface area contributed by atoms with E-state index in [0.717, 1.165) is 45.3 Å². The molecule has 2 atom stereocenters. The van der Waals surface area contributed by atoms with Gasteiger partial charge in [0.15, 0.2) is 0 Å². The summed E-state index contributed by atoms with van der Waals surface area (Å²) in [5, 5.41) is 7.98. The minimum absolute atomic E-state index is 0.403. The number of rotatable bonds is 9. The maximum Gasteiger partial charge on any atom is 0.0803 e. The molecule has 114 valence electrons.